The number of nitrogen functional groups attached to an aromatic ring is 1. The fourth-order valence-electron chi connectivity index (χ4n) is 5.05. The fourth-order valence-corrected chi connectivity index (χ4v) is 5.05. The van der Waals surface area contributed by atoms with Crippen LogP contribution >= 0.6 is 0 Å². The minimum atomic E-state index is 0.134. The van der Waals surface area contributed by atoms with Gasteiger partial charge in [-0.3, -0.25) is 0 Å². The largest absolute Gasteiger partial charge is 0.380 e. The van der Waals surface area contributed by atoms with Crippen molar-refractivity contribution in [2.24, 2.45) is 5.41 Å². The van der Waals surface area contributed by atoms with Gasteiger partial charge < -0.3 is 15.4 Å². The molecular weight excluding hydrogens is 466 g/mol. The average Bonchev–Trinajstić information content (AvgIpc) is 3.36. The van der Waals surface area contributed by atoms with Crippen LogP contribution in [0.3, 0.4) is 0 Å². The zero-order valence-corrected chi connectivity index (χ0v) is 20.6. The molecule has 2 N–H and O–H groups in total. The number of piperidine rings is 1. The third-order valence-electron chi connectivity index (χ3n) is 7.36. The van der Waals surface area contributed by atoms with Gasteiger partial charge in [0.2, 0.25) is 5.95 Å². The Morgan fingerprint density at radius 3 is 2.57 bits per heavy atom. The summed E-state index contributed by atoms with van der Waals surface area (Å²) in [7, 11) is 0. The number of aromatic nitrogens is 6. The Morgan fingerprint density at radius 1 is 1.03 bits per heavy atom. The van der Waals surface area contributed by atoms with Crippen LogP contribution in [0.15, 0.2) is 48.7 Å². The predicted molar refractivity (Wildman–Crippen MR) is 138 cm³/mol. The van der Waals surface area contributed by atoms with Crippen molar-refractivity contribution in [3.8, 4) is 28.7 Å². The fraction of sp³-hybridized carbons (Fsp3) is 0.333. The zero-order chi connectivity index (χ0) is 25.4. The highest BCUT2D eigenvalue weighted by Gasteiger charge is 2.41. The normalized spacial score (nSPS) is 16.4. The van der Waals surface area contributed by atoms with E-state index in [0.29, 0.717) is 34.6 Å². The molecule has 0 aliphatic carbocycles. The van der Waals surface area contributed by atoms with Crippen molar-refractivity contribution < 1.29 is 4.74 Å². The molecule has 2 aliphatic rings. The lowest BCUT2D eigenvalue weighted by atomic mass is 9.77. The van der Waals surface area contributed by atoms with Gasteiger partial charge in [0, 0.05) is 24.1 Å². The van der Waals surface area contributed by atoms with Gasteiger partial charge in [-0.05, 0) is 49.6 Å². The van der Waals surface area contributed by atoms with Crippen molar-refractivity contribution in [2.75, 3.05) is 36.9 Å². The van der Waals surface area contributed by atoms with E-state index in [1.165, 1.54) is 0 Å². The van der Waals surface area contributed by atoms with Gasteiger partial charge in [0.15, 0.2) is 0 Å². The van der Waals surface area contributed by atoms with Gasteiger partial charge in [-0.25, -0.2) is 19.6 Å². The Bertz CT molecular complexity index is 1490. The number of ether oxygens (including phenoxy) is 1. The van der Waals surface area contributed by atoms with Crippen LogP contribution in [-0.4, -0.2) is 56.2 Å². The molecule has 0 amide bonds. The minimum absolute atomic E-state index is 0.134. The average molecular weight is 494 g/mol. The lowest BCUT2D eigenvalue weighted by Crippen LogP contribution is -2.51. The standard InChI is InChI=1S/C27H27N9O/c1-18-19(13-28)4-2-6-21(18)22-12-23(32-26(29)31-22)24-15-36(34-33-24)14-20-5-3-7-25(30-20)35-10-8-27(9-11-35)16-37-17-27/h2-7,12,15H,8-11,14,16-17H2,1H3,(H2,29,31,32). The second-order valence-electron chi connectivity index (χ2n) is 9.85. The first-order valence-electron chi connectivity index (χ1n) is 12.4. The van der Waals surface area contributed by atoms with Crippen LogP contribution in [0.4, 0.5) is 11.8 Å². The van der Waals surface area contributed by atoms with Gasteiger partial charge in [0.1, 0.15) is 11.5 Å². The number of hydrogen-bond donors (Lipinski definition) is 1. The van der Waals surface area contributed by atoms with Crippen LogP contribution in [0.1, 0.15) is 29.7 Å². The van der Waals surface area contributed by atoms with E-state index in [9.17, 15) is 5.26 Å². The Hall–Kier alpha value is -4.36. The molecule has 1 spiro atoms. The molecule has 0 atom stereocenters. The van der Waals surface area contributed by atoms with Crippen molar-refractivity contribution in [2.45, 2.75) is 26.3 Å². The summed E-state index contributed by atoms with van der Waals surface area (Å²) in [4.78, 5) is 16.0. The molecule has 2 fully saturated rings. The molecule has 0 saturated carbocycles. The zero-order valence-electron chi connectivity index (χ0n) is 20.6. The second-order valence-corrected chi connectivity index (χ2v) is 9.85. The van der Waals surface area contributed by atoms with Crippen molar-refractivity contribution in [1.82, 2.24) is 29.9 Å². The number of benzene rings is 1. The molecule has 2 aliphatic heterocycles. The van der Waals surface area contributed by atoms with E-state index in [-0.39, 0.29) is 5.95 Å². The van der Waals surface area contributed by atoms with Crippen molar-refractivity contribution >= 4 is 11.8 Å². The summed E-state index contributed by atoms with van der Waals surface area (Å²) < 4.78 is 7.20. The smallest absolute Gasteiger partial charge is 0.221 e. The van der Waals surface area contributed by atoms with Crippen molar-refractivity contribution in [3.63, 3.8) is 0 Å². The molecule has 0 bridgehead atoms. The van der Waals surface area contributed by atoms with E-state index in [1.54, 1.807) is 10.7 Å². The van der Waals surface area contributed by atoms with Gasteiger partial charge in [-0.1, -0.05) is 23.4 Å². The van der Waals surface area contributed by atoms with Crippen LogP contribution in [0.25, 0.3) is 22.6 Å². The lowest BCUT2D eigenvalue weighted by molar-refractivity contribution is -0.124. The topological polar surface area (TPSA) is 132 Å². The molecular formula is C27H27N9O. The highest BCUT2D eigenvalue weighted by molar-refractivity contribution is 5.71. The Labute approximate surface area is 214 Å². The number of nitrogens with zero attached hydrogens (tertiary/aromatic N) is 8. The molecule has 0 unspecified atom stereocenters. The van der Waals surface area contributed by atoms with E-state index in [0.717, 1.165) is 61.8 Å². The van der Waals surface area contributed by atoms with E-state index < -0.39 is 0 Å². The molecule has 4 aromatic rings. The molecule has 10 nitrogen and oxygen atoms in total. The SMILES string of the molecule is Cc1c(C#N)cccc1-c1cc(-c2cn(Cc3cccc(N4CCC5(CC4)COC5)n3)nn2)nc(N)n1. The molecule has 6 rings (SSSR count). The Balaban J connectivity index is 1.20. The maximum absolute atomic E-state index is 9.38. The molecule has 186 valence electrons. The number of anilines is 2. The summed E-state index contributed by atoms with van der Waals surface area (Å²) in [6, 6.07) is 15.7. The number of hydrogen-bond acceptors (Lipinski definition) is 9. The van der Waals surface area contributed by atoms with E-state index in [1.807, 2.05) is 43.5 Å². The van der Waals surface area contributed by atoms with Crippen LogP contribution in [0.5, 0.6) is 0 Å². The third kappa shape index (κ3) is 4.49. The maximum Gasteiger partial charge on any atom is 0.221 e. The summed E-state index contributed by atoms with van der Waals surface area (Å²) in [5.74, 6) is 1.13. The molecule has 1 aromatic carbocycles. The summed E-state index contributed by atoms with van der Waals surface area (Å²) in [5.41, 5.74) is 11.4. The molecule has 3 aromatic heterocycles. The molecule has 0 radical (unpaired) electrons. The van der Waals surface area contributed by atoms with Gasteiger partial charge in [-0.2, -0.15) is 5.26 Å². The highest BCUT2D eigenvalue weighted by atomic mass is 16.5. The van der Waals surface area contributed by atoms with Crippen molar-refractivity contribution in [3.05, 3.63) is 65.5 Å². The highest BCUT2D eigenvalue weighted by Crippen LogP contribution is 2.39. The summed E-state index contributed by atoms with van der Waals surface area (Å²) in [6.07, 6.45) is 4.13. The quantitative estimate of drug-likeness (QED) is 0.445. The molecule has 37 heavy (non-hydrogen) atoms. The molecule has 2 saturated heterocycles. The van der Waals surface area contributed by atoms with E-state index in [4.69, 9.17) is 15.5 Å². The van der Waals surface area contributed by atoms with Gasteiger partial charge in [0.05, 0.1) is 54.7 Å². The van der Waals surface area contributed by atoms with Crippen LogP contribution in [0, 0.1) is 23.7 Å². The van der Waals surface area contributed by atoms with Crippen LogP contribution in [-0.2, 0) is 11.3 Å². The number of rotatable bonds is 5. The lowest BCUT2D eigenvalue weighted by Gasteiger charge is -2.47. The van der Waals surface area contributed by atoms with Crippen LogP contribution in [0.2, 0.25) is 0 Å². The number of nitriles is 1. The predicted octanol–water partition coefficient (Wildman–Crippen LogP) is 3.22. The molecule has 5 heterocycles. The Kier molecular flexibility index (Phi) is 5.77. The first-order chi connectivity index (χ1) is 18.0. The molecule has 10 heteroatoms. The summed E-state index contributed by atoms with van der Waals surface area (Å²) in [6.45, 7) is 6.18. The summed E-state index contributed by atoms with van der Waals surface area (Å²) in [5, 5.41) is 18.0. The van der Waals surface area contributed by atoms with Gasteiger partial charge >= 0.3 is 0 Å². The first kappa shape index (κ1) is 23.1. The Morgan fingerprint density at radius 2 is 1.81 bits per heavy atom. The van der Waals surface area contributed by atoms with Crippen LogP contribution < -0.4 is 10.6 Å². The first-order valence-corrected chi connectivity index (χ1v) is 12.4. The van der Waals surface area contributed by atoms with E-state index >= 15 is 0 Å². The van der Waals surface area contributed by atoms with Gasteiger partial charge in [0.25, 0.3) is 0 Å². The number of pyridine rings is 1. The maximum atomic E-state index is 9.38. The minimum Gasteiger partial charge on any atom is -0.380 e. The second kappa shape index (κ2) is 9.26. The van der Waals surface area contributed by atoms with E-state index in [2.05, 4.69) is 37.3 Å². The third-order valence-corrected chi connectivity index (χ3v) is 7.36. The van der Waals surface area contributed by atoms with Gasteiger partial charge in [-0.15, -0.1) is 5.10 Å². The number of nitrogens with two attached hydrogens (primary N) is 1. The summed E-state index contributed by atoms with van der Waals surface area (Å²) >= 11 is 0. The monoisotopic (exact) mass is 493 g/mol. The van der Waals surface area contributed by atoms with Crippen molar-refractivity contribution in [1.29, 1.82) is 5.26 Å².